The zero-order valence-corrected chi connectivity index (χ0v) is 12.0. The van der Waals surface area contributed by atoms with E-state index < -0.39 is 0 Å². The number of halogens is 1. The Morgan fingerprint density at radius 1 is 1.47 bits per heavy atom. The zero-order valence-electron chi connectivity index (χ0n) is 9.87. The van der Waals surface area contributed by atoms with Crippen LogP contribution in [0.1, 0.15) is 23.7 Å². The topological polar surface area (TPSA) is 41.1 Å². The minimum Gasteiger partial charge on any atom is -0.349 e. The quantitative estimate of drug-likeness (QED) is 0.806. The summed E-state index contributed by atoms with van der Waals surface area (Å²) in [5.41, 5.74) is 0.777. The Balaban J connectivity index is 2.04. The summed E-state index contributed by atoms with van der Waals surface area (Å²) in [5, 5.41) is 6.48. The number of benzene rings is 1. The van der Waals surface area contributed by atoms with E-state index >= 15 is 0 Å². The van der Waals surface area contributed by atoms with E-state index in [9.17, 15) is 4.79 Å². The van der Waals surface area contributed by atoms with Crippen LogP contribution in [-0.4, -0.2) is 25.0 Å². The number of hydrogen-bond acceptors (Lipinski definition) is 2. The summed E-state index contributed by atoms with van der Waals surface area (Å²) >= 11 is 2.20. The van der Waals surface area contributed by atoms with E-state index in [0.29, 0.717) is 12.0 Å². The number of carbonyl (C=O) groups excluding carboxylic acids is 1. The number of rotatable bonds is 2. The van der Waals surface area contributed by atoms with Crippen molar-refractivity contribution < 1.29 is 4.79 Å². The Kier molecular flexibility index (Phi) is 4.39. The standard InChI is InChI=1S/C13H17IN2O/c1-9-8-15-7-6-12(9)16-13(17)10-4-2-3-5-11(10)14/h2-5,9,12,15H,6-8H2,1H3,(H,16,17). The average molecular weight is 344 g/mol. The molecule has 2 atom stereocenters. The van der Waals surface area contributed by atoms with E-state index in [1.807, 2.05) is 24.3 Å². The van der Waals surface area contributed by atoms with Gasteiger partial charge in [0.25, 0.3) is 5.91 Å². The van der Waals surface area contributed by atoms with Crippen molar-refractivity contribution in [3.63, 3.8) is 0 Å². The summed E-state index contributed by atoms with van der Waals surface area (Å²) in [6.45, 7) is 4.14. The van der Waals surface area contributed by atoms with Gasteiger partial charge in [0.05, 0.1) is 5.56 Å². The molecule has 1 amide bonds. The van der Waals surface area contributed by atoms with Crippen molar-refractivity contribution in [2.75, 3.05) is 13.1 Å². The van der Waals surface area contributed by atoms with Gasteiger partial charge in [0.1, 0.15) is 0 Å². The lowest BCUT2D eigenvalue weighted by Crippen LogP contribution is -2.48. The molecule has 1 aliphatic heterocycles. The van der Waals surface area contributed by atoms with Gasteiger partial charge in [-0.1, -0.05) is 19.1 Å². The Morgan fingerprint density at radius 3 is 2.94 bits per heavy atom. The average Bonchev–Trinajstić information content (AvgIpc) is 2.32. The normalized spacial score (nSPS) is 24.4. The van der Waals surface area contributed by atoms with Crippen molar-refractivity contribution in [3.05, 3.63) is 33.4 Å². The van der Waals surface area contributed by atoms with E-state index in [0.717, 1.165) is 28.6 Å². The van der Waals surface area contributed by atoms with Gasteiger partial charge in [-0.3, -0.25) is 4.79 Å². The van der Waals surface area contributed by atoms with Gasteiger partial charge in [-0.05, 0) is 60.2 Å². The zero-order chi connectivity index (χ0) is 12.3. The molecule has 1 heterocycles. The lowest BCUT2D eigenvalue weighted by Gasteiger charge is -2.30. The second-order valence-corrected chi connectivity index (χ2v) is 5.69. The fourth-order valence-electron chi connectivity index (χ4n) is 2.12. The molecule has 0 aliphatic carbocycles. The molecule has 1 fully saturated rings. The number of amides is 1. The van der Waals surface area contributed by atoms with Gasteiger partial charge in [-0.25, -0.2) is 0 Å². The summed E-state index contributed by atoms with van der Waals surface area (Å²) in [7, 11) is 0. The minimum atomic E-state index is 0.0498. The number of hydrogen-bond donors (Lipinski definition) is 2. The van der Waals surface area contributed by atoms with Crippen molar-refractivity contribution in [3.8, 4) is 0 Å². The Hall–Kier alpha value is -0.620. The van der Waals surface area contributed by atoms with Crippen LogP contribution in [0.25, 0.3) is 0 Å². The molecule has 0 saturated carbocycles. The van der Waals surface area contributed by atoms with Gasteiger partial charge in [-0.2, -0.15) is 0 Å². The van der Waals surface area contributed by atoms with Crippen molar-refractivity contribution in [2.45, 2.75) is 19.4 Å². The summed E-state index contributed by atoms with van der Waals surface area (Å²) < 4.78 is 1.00. The maximum absolute atomic E-state index is 12.1. The molecule has 0 bridgehead atoms. The van der Waals surface area contributed by atoms with Gasteiger partial charge < -0.3 is 10.6 Å². The van der Waals surface area contributed by atoms with Crippen LogP contribution in [0.2, 0.25) is 0 Å². The van der Waals surface area contributed by atoms with E-state index in [1.165, 1.54) is 0 Å². The maximum atomic E-state index is 12.1. The lowest BCUT2D eigenvalue weighted by molar-refractivity contribution is 0.0913. The van der Waals surface area contributed by atoms with Gasteiger partial charge in [-0.15, -0.1) is 0 Å². The van der Waals surface area contributed by atoms with E-state index in [2.05, 4.69) is 40.1 Å². The van der Waals surface area contributed by atoms with Crippen molar-refractivity contribution >= 4 is 28.5 Å². The Morgan fingerprint density at radius 2 is 2.24 bits per heavy atom. The molecule has 2 rings (SSSR count). The highest BCUT2D eigenvalue weighted by Crippen LogP contribution is 2.14. The first kappa shape index (κ1) is 12.8. The highest BCUT2D eigenvalue weighted by atomic mass is 127. The maximum Gasteiger partial charge on any atom is 0.252 e. The molecular weight excluding hydrogens is 327 g/mol. The molecule has 1 aromatic carbocycles. The molecule has 92 valence electrons. The van der Waals surface area contributed by atoms with Crippen LogP contribution in [0.5, 0.6) is 0 Å². The number of nitrogens with one attached hydrogen (secondary N) is 2. The van der Waals surface area contributed by atoms with Crippen molar-refractivity contribution in [2.24, 2.45) is 5.92 Å². The molecule has 1 aliphatic rings. The van der Waals surface area contributed by atoms with Crippen LogP contribution in [0.15, 0.2) is 24.3 Å². The predicted octanol–water partition coefficient (Wildman–Crippen LogP) is 2.02. The molecule has 1 aromatic rings. The Labute approximate surface area is 116 Å². The smallest absolute Gasteiger partial charge is 0.252 e. The second kappa shape index (κ2) is 5.82. The van der Waals surface area contributed by atoms with Crippen LogP contribution in [0, 0.1) is 9.49 Å². The first-order valence-corrected chi connectivity index (χ1v) is 7.02. The molecule has 1 saturated heterocycles. The van der Waals surface area contributed by atoms with Crippen LogP contribution in [-0.2, 0) is 0 Å². The minimum absolute atomic E-state index is 0.0498. The molecule has 0 aromatic heterocycles. The SMILES string of the molecule is CC1CNCCC1NC(=O)c1ccccc1I. The third-order valence-electron chi connectivity index (χ3n) is 3.22. The molecule has 4 heteroatoms. The summed E-state index contributed by atoms with van der Waals surface area (Å²) in [6.07, 6.45) is 1.01. The number of piperidine rings is 1. The number of carbonyl (C=O) groups is 1. The fraction of sp³-hybridized carbons (Fsp3) is 0.462. The predicted molar refractivity (Wildman–Crippen MR) is 77.1 cm³/mol. The second-order valence-electron chi connectivity index (χ2n) is 4.53. The van der Waals surface area contributed by atoms with Gasteiger partial charge in [0.15, 0.2) is 0 Å². The van der Waals surface area contributed by atoms with Gasteiger partial charge >= 0.3 is 0 Å². The first-order chi connectivity index (χ1) is 8.18. The molecular formula is C13H17IN2O. The summed E-state index contributed by atoms with van der Waals surface area (Å²) in [4.78, 5) is 12.1. The van der Waals surface area contributed by atoms with E-state index in [-0.39, 0.29) is 5.91 Å². The highest BCUT2D eigenvalue weighted by Gasteiger charge is 2.23. The molecule has 2 unspecified atom stereocenters. The van der Waals surface area contributed by atoms with Crippen LogP contribution in [0.3, 0.4) is 0 Å². The van der Waals surface area contributed by atoms with Crippen molar-refractivity contribution in [1.29, 1.82) is 0 Å². The van der Waals surface area contributed by atoms with E-state index in [4.69, 9.17) is 0 Å². The molecule has 0 spiro atoms. The molecule has 17 heavy (non-hydrogen) atoms. The summed E-state index contributed by atoms with van der Waals surface area (Å²) in [6, 6.07) is 7.98. The van der Waals surface area contributed by atoms with Crippen LogP contribution < -0.4 is 10.6 Å². The molecule has 0 radical (unpaired) electrons. The van der Waals surface area contributed by atoms with E-state index in [1.54, 1.807) is 0 Å². The Bertz CT molecular complexity index is 408. The summed E-state index contributed by atoms with van der Waals surface area (Å²) in [5.74, 6) is 0.544. The van der Waals surface area contributed by atoms with Crippen LogP contribution >= 0.6 is 22.6 Å². The van der Waals surface area contributed by atoms with Gasteiger partial charge in [0, 0.05) is 9.61 Å². The highest BCUT2D eigenvalue weighted by molar-refractivity contribution is 14.1. The lowest BCUT2D eigenvalue weighted by atomic mass is 9.95. The van der Waals surface area contributed by atoms with Gasteiger partial charge in [0.2, 0.25) is 0 Å². The fourth-order valence-corrected chi connectivity index (χ4v) is 2.75. The molecule has 2 N–H and O–H groups in total. The van der Waals surface area contributed by atoms with Crippen molar-refractivity contribution in [1.82, 2.24) is 10.6 Å². The third-order valence-corrected chi connectivity index (χ3v) is 4.16. The third kappa shape index (κ3) is 3.19. The first-order valence-electron chi connectivity index (χ1n) is 5.94. The monoisotopic (exact) mass is 344 g/mol. The largest absolute Gasteiger partial charge is 0.349 e. The van der Waals surface area contributed by atoms with Crippen LogP contribution in [0.4, 0.5) is 0 Å². The molecule has 3 nitrogen and oxygen atoms in total.